The molecule has 1 aromatic rings. The van der Waals surface area contributed by atoms with Crippen molar-refractivity contribution in [1.29, 1.82) is 0 Å². The number of aliphatic imine (C=N–C) groups is 1. The van der Waals surface area contributed by atoms with Crippen molar-refractivity contribution in [2.75, 3.05) is 59.5 Å². The van der Waals surface area contributed by atoms with Gasteiger partial charge in [-0.1, -0.05) is 19.9 Å². The molecular formula is C22H38N4O2. The molecule has 0 saturated carbocycles. The molecule has 1 unspecified atom stereocenters. The molecule has 1 fully saturated rings. The van der Waals surface area contributed by atoms with Crippen LogP contribution in [0.3, 0.4) is 0 Å². The van der Waals surface area contributed by atoms with Crippen LogP contribution in [0.4, 0.5) is 0 Å². The summed E-state index contributed by atoms with van der Waals surface area (Å²) in [5.41, 5.74) is 0. The van der Waals surface area contributed by atoms with Gasteiger partial charge >= 0.3 is 0 Å². The van der Waals surface area contributed by atoms with Crippen LogP contribution in [0.25, 0.3) is 0 Å². The minimum Gasteiger partial charge on any atom is -0.497 e. The zero-order chi connectivity index (χ0) is 20.2. The first kappa shape index (κ1) is 22.3. The Morgan fingerprint density at radius 2 is 2.04 bits per heavy atom. The lowest BCUT2D eigenvalue weighted by Crippen LogP contribution is -2.41. The Labute approximate surface area is 170 Å². The summed E-state index contributed by atoms with van der Waals surface area (Å²) in [5.74, 6) is 3.44. The molecule has 6 nitrogen and oxygen atoms in total. The van der Waals surface area contributed by atoms with Crippen LogP contribution < -0.4 is 14.8 Å². The molecule has 0 aromatic heterocycles. The minimum absolute atomic E-state index is 0.653. The Balaban J connectivity index is 1.77. The third-order valence-electron chi connectivity index (χ3n) is 5.21. The monoisotopic (exact) mass is 390 g/mol. The summed E-state index contributed by atoms with van der Waals surface area (Å²) in [5, 5.41) is 3.46. The van der Waals surface area contributed by atoms with Crippen molar-refractivity contribution in [2.24, 2.45) is 10.9 Å². The second-order valence-corrected chi connectivity index (χ2v) is 7.20. The van der Waals surface area contributed by atoms with Crippen molar-refractivity contribution < 1.29 is 9.47 Å². The number of likely N-dealkylation sites (tertiary alicyclic amines) is 1. The average Bonchev–Trinajstić information content (AvgIpc) is 3.19. The SMILES string of the molecule is CCNC(=NCCCOc1cccc(OC)c1)N1CCC(CN(CC)CC)C1. The van der Waals surface area contributed by atoms with Gasteiger partial charge in [0.2, 0.25) is 0 Å². The van der Waals surface area contributed by atoms with Gasteiger partial charge in [0, 0.05) is 45.2 Å². The van der Waals surface area contributed by atoms with Gasteiger partial charge in [-0.15, -0.1) is 0 Å². The Bertz CT molecular complexity index is 590. The van der Waals surface area contributed by atoms with Crippen molar-refractivity contribution in [2.45, 2.75) is 33.6 Å². The Morgan fingerprint density at radius 1 is 1.25 bits per heavy atom. The van der Waals surface area contributed by atoms with E-state index >= 15 is 0 Å². The number of guanidine groups is 1. The van der Waals surface area contributed by atoms with Crippen molar-refractivity contribution in [3.63, 3.8) is 0 Å². The van der Waals surface area contributed by atoms with Crippen LogP contribution in [-0.4, -0.2) is 75.3 Å². The highest BCUT2D eigenvalue weighted by Gasteiger charge is 2.25. The molecule has 0 amide bonds. The lowest BCUT2D eigenvalue weighted by molar-refractivity contribution is 0.255. The van der Waals surface area contributed by atoms with Crippen LogP contribution in [0.2, 0.25) is 0 Å². The topological polar surface area (TPSA) is 49.3 Å². The predicted octanol–water partition coefficient (Wildman–Crippen LogP) is 3.09. The molecule has 0 bridgehead atoms. The Kier molecular flexibility index (Phi) is 9.97. The Morgan fingerprint density at radius 3 is 2.75 bits per heavy atom. The molecule has 0 spiro atoms. The third kappa shape index (κ3) is 7.23. The molecule has 0 radical (unpaired) electrons. The van der Waals surface area contributed by atoms with E-state index in [0.29, 0.717) is 6.61 Å². The Hall–Kier alpha value is -1.95. The van der Waals surface area contributed by atoms with Gasteiger partial charge in [0.15, 0.2) is 5.96 Å². The summed E-state index contributed by atoms with van der Waals surface area (Å²) in [6.07, 6.45) is 2.14. The first-order valence-electron chi connectivity index (χ1n) is 10.7. The number of methoxy groups -OCH3 is 1. The van der Waals surface area contributed by atoms with E-state index < -0.39 is 0 Å². The molecule has 1 N–H and O–H groups in total. The fourth-order valence-corrected chi connectivity index (χ4v) is 3.58. The molecule has 1 aliphatic heterocycles. The molecule has 158 valence electrons. The highest BCUT2D eigenvalue weighted by atomic mass is 16.5. The first-order chi connectivity index (χ1) is 13.7. The molecule has 1 aromatic carbocycles. The average molecular weight is 391 g/mol. The van der Waals surface area contributed by atoms with E-state index in [2.05, 4.69) is 35.9 Å². The van der Waals surface area contributed by atoms with E-state index in [-0.39, 0.29) is 0 Å². The summed E-state index contributed by atoms with van der Waals surface area (Å²) in [6, 6.07) is 7.73. The highest BCUT2D eigenvalue weighted by Crippen LogP contribution is 2.19. The molecule has 6 heteroatoms. The first-order valence-corrected chi connectivity index (χ1v) is 10.7. The maximum absolute atomic E-state index is 5.81. The van der Waals surface area contributed by atoms with Crippen LogP contribution in [0.15, 0.2) is 29.3 Å². The van der Waals surface area contributed by atoms with Crippen LogP contribution in [0, 0.1) is 5.92 Å². The van der Waals surface area contributed by atoms with E-state index in [4.69, 9.17) is 14.5 Å². The van der Waals surface area contributed by atoms with Crippen molar-refractivity contribution in [3.05, 3.63) is 24.3 Å². The number of ether oxygens (including phenoxy) is 2. The van der Waals surface area contributed by atoms with Crippen LogP contribution >= 0.6 is 0 Å². The number of hydrogen-bond acceptors (Lipinski definition) is 4. The van der Waals surface area contributed by atoms with Crippen LogP contribution in [0.5, 0.6) is 11.5 Å². The molecule has 1 aliphatic rings. The maximum atomic E-state index is 5.81. The van der Waals surface area contributed by atoms with Crippen LogP contribution in [-0.2, 0) is 0 Å². The number of rotatable bonds is 11. The molecule has 1 saturated heterocycles. The van der Waals surface area contributed by atoms with Gasteiger partial charge < -0.3 is 24.6 Å². The fourth-order valence-electron chi connectivity index (χ4n) is 3.58. The second-order valence-electron chi connectivity index (χ2n) is 7.20. The smallest absolute Gasteiger partial charge is 0.193 e. The van der Waals surface area contributed by atoms with E-state index in [1.165, 1.54) is 13.0 Å². The van der Waals surface area contributed by atoms with Gasteiger partial charge in [0.1, 0.15) is 11.5 Å². The molecule has 28 heavy (non-hydrogen) atoms. The largest absolute Gasteiger partial charge is 0.497 e. The van der Waals surface area contributed by atoms with Crippen molar-refractivity contribution >= 4 is 5.96 Å². The number of nitrogens with zero attached hydrogens (tertiary/aromatic N) is 3. The molecular weight excluding hydrogens is 352 g/mol. The zero-order valence-corrected chi connectivity index (χ0v) is 18.1. The summed E-state index contributed by atoms with van der Waals surface area (Å²) < 4.78 is 11.0. The molecule has 2 rings (SSSR count). The van der Waals surface area contributed by atoms with Gasteiger partial charge in [-0.05, 0) is 44.5 Å². The normalized spacial score (nSPS) is 17.2. The lowest BCUT2D eigenvalue weighted by atomic mass is 10.1. The van der Waals surface area contributed by atoms with Crippen molar-refractivity contribution in [3.8, 4) is 11.5 Å². The summed E-state index contributed by atoms with van der Waals surface area (Å²) in [6.45, 7) is 14.6. The molecule has 1 heterocycles. The highest BCUT2D eigenvalue weighted by molar-refractivity contribution is 5.80. The second kappa shape index (κ2) is 12.5. The van der Waals surface area contributed by atoms with E-state index in [0.717, 1.165) is 69.1 Å². The summed E-state index contributed by atoms with van der Waals surface area (Å²) in [4.78, 5) is 9.77. The standard InChI is InChI=1S/C22H38N4O2/c1-5-23-22(26-14-12-19(18-26)17-25(6-2)7-3)24-13-9-15-28-21-11-8-10-20(16-21)27-4/h8,10-11,16,19H,5-7,9,12-15,17-18H2,1-4H3,(H,23,24). The third-order valence-corrected chi connectivity index (χ3v) is 5.21. The molecule has 0 aliphatic carbocycles. The fraction of sp³-hybridized carbons (Fsp3) is 0.682. The predicted molar refractivity (Wildman–Crippen MR) is 117 cm³/mol. The van der Waals surface area contributed by atoms with E-state index in [9.17, 15) is 0 Å². The number of benzene rings is 1. The van der Waals surface area contributed by atoms with E-state index in [1.54, 1.807) is 7.11 Å². The van der Waals surface area contributed by atoms with E-state index in [1.807, 2.05) is 24.3 Å². The zero-order valence-electron chi connectivity index (χ0n) is 18.1. The van der Waals surface area contributed by atoms with Gasteiger partial charge in [-0.3, -0.25) is 4.99 Å². The quantitative estimate of drug-likeness (QED) is 0.357. The summed E-state index contributed by atoms with van der Waals surface area (Å²) in [7, 11) is 1.67. The number of nitrogens with one attached hydrogen (secondary N) is 1. The number of hydrogen-bond donors (Lipinski definition) is 1. The minimum atomic E-state index is 0.653. The lowest BCUT2D eigenvalue weighted by Gasteiger charge is -2.24. The van der Waals surface area contributed by atoms with Gasteiger partial charge in [0.05, 0.1) is 13.7 Å². The van der Waals surface area contributed by atoms with Crippen molar-refractivity contribution in [1.82, 2.24) is 15.1 Å². The van der Waals surface area contributed by atoms with Crippen LogP contribution in [0.1, 0.15) is 33.6 Å². The van der Waals surface area contributed by atoms with Gasteiger partial charge in [-0.25, -0.2) is 0 Å². The van der Waals surface area contributed by atoms with Gasteiger partial charge in [0.25, 0.3) is 0 Å². The molecule has 1 atom stereocenters. The van der Waals surface area contributed by atoms with Gasteiger partial charge in [-0.2, -0.15) is 0 Å². The summed E-state index contributed by atoms with van der Waals surface area (Å²) >= 11 is 0. The maximum Gasteiger partial charge on any atom is 0.193 e.